The molecule has 2 aromatic rings. The minimum atomic E-state index is -3.07. The van der Waals surface area contributed by atoms with Gasteiger partial charge in [-0.1, -0.05) is 11.8 Å². The zero-order chi connectivity index (χ0) is 22.9. The van der Waals surface area contributed by atoms with Crippen molar-refractivity contribution in [2.45, 2.75) is 56.8 Å². The van der Waals surface area contributed by atoms with Crippen LogP contribution in [-0.4, -0.2) is 72.3 Å². The van der Waals surface area contributed by atoms with Gasteiger partial charge in [-0.3, -0.25) is 14.2 Å². The molecule has 1 fully saturated rings. The number of nitrogens with zero attached hydrogens (tertiary/aromatic N) is 3. The molecule has 3 heterocycles. The maximum absolute atomic E-state index is 13.4. The van der Waals surface area contributed by atoms with Gasteiger partial charge in [0.25, 0.3) is 5.56 Å². The third kappa shape index (κ3) is 4.76. The van der Waals surface area contributed by atoms with Crippen molar-refractivity contribution in [3.8, 4) is 0 Å². The van der Waals surface area contributed by atoms with Crippen LogP contribution in [0.5, 0.6) is 0 Å². The number of aryl methyl sites for hydroxylation is 2. The van der Waals surface area contributed by atoms with E-state index in [1.165, 1.54) is 16.6 Å². The summed E-state index contributed by atoms with van der Waals surface area (Å²) < 4.78 is 30.5. The number of amides is 1. The Bertz CT molecular complexity index is 1170. The molecule has 2 aliphatic rings. The maximum Gasteiger partial charge on any atom is 0.263 e. The average molecular weight is 500 g/mol. The van der Waals surface area contributed by atoms with Crippen LogP contribution in [0.1, 0.15) is 36.6 Å². The van der Waals surface area contributed by atoms with Crippen molar-refractivity contribution in [1.29, 1.82) is 0 Å². The molecule has 1 saturated heterocycles. The number of hydrogen-bond donors (Lipinski definition) is 0. The van der Waals surface area contributed by atoms with E-state index in [1.54, 1.807) is 27.9 Å². The van der Waals surface area contributed by atoms with Gasteiger partial charge in [0.05, 0.1) is 35.8 Å². The van der Waals surface area contributed by atoms with Crippen LogP contribution in [0.2, 0.25) is 0 Å². The predicted molar refractivity (Wildman–Crippen MR) is 128 cm³/mol. The molecule has 32 heavy (non-hydrogen) atoms. The molecule has 0 bridgehead atoms. The highest BCUT2D eigenvalue weighted by molar-refractivity contribution is 7.99. The van der Waals surface area contributed by atoms with Gasteiger partial charge in [0.2, 0.25) is 5.91 Å². The molecular weight excluding hydrogens is 470 g/mol. The summed E-state index contributed by atoms with van der Waals surface area (Å²) in [5.74, 6) is 0.144. The lowest BCUT2D eigenvalue weighted by Gasteiger charge is -2.26. The van der Waals surface area contributed by atoms with Crippen molar-refractivity contribution in [3.63, 3.8) is 0 Å². The van der Waals surface area contributed by atoms with Crippen LogP contribution in [0.15, 0.2) is 9.95 Å². The number of methoxy groups -OCH3 is 1. The van der Waals surface area contributed by atoms with Crippen LogP contribution in [0, 0.1) is 0 Å². The predicted octanol–water partition coefficient (Wildman–Crippen LogP) is 2.11. The number of thiophene rings is 1. The number of ether oxygens (including phenoxy) is 1. The third-order valence-corrected chi connectivity index (χ3v) is 10.1. The number of rotatable bonds is 8. The van der Waals surface area contributed by atoms with Crippen LogP contribution >= 0.6 is 23.1 Å². The molecule has 4 rings (SSSR count). The fraction of sp³-hybridized carbons (Fsp3) is 0.667. The largest absolute Gasteiger partial charge is 0.383 e. The fourth-order valence-corrected chi connectivity index (χ4v) is 8.52. The highest BCUT2D eigenvalue weighted by Crippen LogP contribution is 2.34. The molecule has 0 aromatic carbocycles. The zero-order valence-corrected chi connectivity index (χ0v) is 20.9. The van der Waals surface area contributed by atoms with Crippen LogP contribution in [0.4, 0.5) is 0 Å². The van der Waals surface area contributed by atoms with Gasteiger partial charge < -0.3 is 9.64 Å². The van der Waals surface area contributed by atoms with Gasteiger partial charge >= 0.3 is 0 Å². The molecule has 1 amide bonds. The third-order valence-electron chi connectivity index (χ3n) is 6.19. The lowest BCUT2D eigenvalue weighted by molar-refractivity contribution is -0.129. The number of thioether (sulfide) groups is 1. The van der Waals surface area contributed by atoms with Gasteiger partial charge in [-0.05, 0) is 44.6 Å². The summed E-state index contributed by atoms with van der Waals surface area (Å²) >= 11 is 2.84. The lowest BCUT2D eigenvalue weighted by Crippen LogP contribution is -2.42. The second-order valence-corrected chi connectivity index (χ2v) is 12.5. The molecule has 0 radical (unpaired) electrons. The summed E-state index contributed by atoms with van der Waals surface area (Å²) in [6.07, 6.45) is 4.61. The van der Waals surface area contributed by atoms with Crippen LogP contribution in [0.3, 0.4) is 0 Å². The zero-order valence-electron chi connectivity index (χ0n) is 18.5. The summed E-state index contributed by atoms with van der Waals surface area (Å²) in [4.78, 5) is 34.8. The standard InChI is InChI=1S/C21H29N3O5S3/c1-3-23(14-8-11-32(27,28)13-14)17(25)12-30-21-22-19-18(20(26)24(21)9-10-29-2)15-6-4-5-7-16(15)31-19/h14H,3-13H2,1-2H3. The van der Waals surface area contributed by atoms with E-state index in [1.807, 2.05) is 6.92 Å². The molecule has 0 spiro atoms. The minimum absolute atomic E-state index is 0.0285. The van der Waals surface area contributed by atoms with Crippen molar-refractivity contribution in [1.82, 2.24) is 14.5 Å². The van der Waals surface area contributed by atoms with Crippen molar-refractivity contribution >= 4 is 49.1 Å². The summed E-state index contributed by atoms with van der Waals surface area (Å²) in [7, 11) is -1.48. The first-order valence-corrected chi connectivity index (χ1v) is 14.6. The fourth-order valence-electron chi connectivity index (χ4n) is 4.58. The summed E-state index contributed by atoms with van der Waals surface area (Å²) in [5, 5.41) is 1.24. The van der Waals surface area contributed by atoms with Gasteiger partial charge in [-0.25, -0.2) is 13.4 Å². The van der Waals surface area contributed by atoms with E-state index in [2.05, 4.69) is 0 Å². The van der Waals surface area contributed by atoms with E-state index in [0.29, 0.717) is 31.3 Å². The Morgan fingerprint density at radius 3 is 2.81 bits per heavy atom. The van der Waals surface area contributed by atoms with Gasteiger partial charge in [0.1, 0.15) is 4.83 Å². The SMILES string of the molecule is CCN(C(=O)CSc1nc2sc3c(c2c(=O)n1CCOC)CCCC3)C1CCS(=O)(=O)C1. The Balaban J connectivity index is 1.60. The van der Waals surface area contributed by atoms with Gasteiger partial charge in [-0.2, -0.15) is 0 Å². The van der Waals surface area contributed by atoms with Crippen molar-refractivity contribution in [2.24, 2.45) is 0 Å². The molecule has 1 aliphatic carbocycles. The maximum atomic E-state index is 13.4. The number of sulfone groups is 1. The molecule has 1 aliphatic heterocycles. The second-order valence-electron chi connectivity index (χ2n) is 8.26. The number of carbonyl (C=O) groups excluding carboxylic acids is 1. The Morgan fingerprint density at radius 1 is 1.34 bits per heavy atom. The van der Waals surface area contributed by atoms with Crippen molar-refractivity contribution < 1.29 is 17.9 Å². The van der Waals surface area contributed by atoms with Gasteiger partial charge in [-0.15, -0.1) is 11.3 Å². The first-order valence-electron chi connectivity index (χ1n) is 11.0. The molecule has 1 atom stereocenters. The highest BCUT2D eigenvalue weighted by Gasteiger charge is 2.34. The quantitative estimate of drug-likeness (QED) is 0.405. The summed E-state index contributed by atoms with van der Waals surface area (Å²) in [6, 6.07) is -0.270. The second kappa shape index (κ2) is 9.82. The number of carbonyl (C=O) groups is 1. The Kier molecular flexibility index (Phi) is 7.28. The van der Waals surface area contributed by atoms with E-state index in [-0.39, 0.29) is 34.8 Å². The lowest BCUT2D eigenvalue weighted by atomic mass is 9.97. The molecular formula is C21H29N3O5S3. The Labute approximate surface area is 196 Å². The number of hydrogen-bond acceptors (Lipinski definition) is 8. The Hall–Kier alpha value is -1.43. The van der Waals surface area contributed by atoms with E-state index in [0.717, 1.165) is 41.5 Å². The first kappa shape index (κ1) is 23.7. The highest BCUT2D eigenvalue weighted by atomic mass is 32.2. The first-order chi connectivity index (χ1) is 15.3. The van der Waals surface area contributed by atoms with E-state index >= 15 is 0 Å². The summed E-state index contributed by atoms with van der Waals surface area (Å²) in [6.45, 7) is 3.07. The van der Waals surface area contributed by atoms with E-state index in [9.17, 15) is 18.0 Å². The molecule has 8 nitrogen and oxygen atoms in total. The minimum Gasteiger partial charge on any atom is -0.383 e. The smallest absolute Gasteiger partial charge is 0.263 e. The topological polar surface area (TPSA) is 98.6 Å². The van der Waals surface area contributed by atoms with E-state index < -0.39 is 9.84 Å². The van der Waals surface area contributed by atoms with Gasteiger partial charge in [0.15, 0.2) is 15.0 Å². The van der Waals surface area contributed by atoms with Crippen LogP contribution < -0.4 is 5.56 Å². The molecule has 11 heteroatoms. The Morgan fingerprint density at radius 2 is 2.12 bits per heavy atom. The van der Waals surface area contributed by atoms with E-state index in [4.69, 9.17) is 9.72 Å². The van der Waals surface area contributed by atoms with Crippen molar-refractivity contribution in [3.05, 3.63) is 20.8 Å². The molecule has 2 aromatic heterocycles. The van der Waals surface area contributed by atoms with Gasteiger partial charge in [0, 0.05) is 24.6 Å². The normalized spacial score (nSPS) is 19.9. The molecule has 0 saturated carbocycles. The molecule has 1 unspecified atom stereocenters. The molecule has 0 N–H and O–H groups in total. The average Bonchev–Trinajstić information content (AvgIpc) is 3.31. The van der Waals surface area contributed by atoms with Crippen LogP contribution in [-0.2, 0) is 38.8 Å². The molecule has 176 valence electrons. The van der Waals surface area contributed by atoms with Crippen LogP contribution in [0.25, 0.3) is 10.2 Å². The van der Waals surface area contributed by atoms with Crippen molar-refractivity contribution in [2.75, 3.05) is 37.5 Å². The number of aromatic nitrogens is 2. The summed E-state index contributed by atoms with van der Waals surface area (Å²) in [5.41, 5.74) is 1.09. The number of fused-ring (bicyclic) bond motifs is 3. The monoisotopic (exact) mass is 499 g/mol.